The van der Waals surface area contributed by atoms with Gasteiger partial charge in [-0.25, -0.2) is 0 Å². The highest BCUT2D eigenvalue weighted by atomic mass is 35.5. The molecule has 2 heterocycles. The van der Waals surface area contributed by atoms with Crippen LogP contribution < -0.4 is 5.32 Å². The predicted octanol–water partition coefficient (Wildman–Crippen LogP) is 1.24. The lowest BCUT2D eigenvalue weighted by molar-refractivity contribution is 0.407. The molecule has 0 aromatic carbocycles. The molecule has 0 unspecified atom stereocenters. The summed E-state index contributed by atoms with van der Waals surface area (Å²) in [4.78, 5) is 0. The van der Waals surface area contributed by atoms with Gasteiger partial charge in [-0.1, -0.05) is 11.6 Å². The molecule has 0 saturated carbocycles. The summed E-state index contributed by atoms with van der Waals surface area (Å²) < 4.78 is 12.0. The maximum absolute atomic E-state index is 12.0. The quantitative estimate of drug-likeness (QED) is 0.887. The van der Waals surface area contributed by atoms with Crippen LogP contribution in [0.3, 0.4) is 0 Å². The Morgan fingerprint density at radius 1 is 1.50 bits per heavy atom. The van der Waals surface area contributed by atoms with Crippen LogP contribution in [0.4, 0.5) is 0 Å². The van der Waals surface area contributed by atoms with E-state index in [4.69, 9.17) is 11.6 Å². The summed E-state index contributed by atoms with van der Waals surface area (Å²) in [6, 6.07) is 3.31. The molecule has 88 valence electrons. The van der Waals surface area contributed by atoms with Crippen LogP contribution in [0.1, 0.15) is 12.8 Å². The van der Waals surface area contributed by atoms with Gasteiger partial charge in [0.15, 0.2) is 5.15 Å². The Bertz CT molecular complexity index is 365. The summed E-state index contributed by atoms with van der Waals surface area (Å²) >= 11 is 5.63. The van der Waals surface area contributed by atoms with E-state index in [0.717, 1.165) is 25.9 Å². The lowest BCUT2D eigenvalue weighted by Gasteiger charge is -2.21. The van der Waals surface area contributed by atoms with E-state index in [1.807, 2.05) is 0 Å². The topological polar surface area (TPSA) is 54.9 Å². The van der Waals surface area contributed by atoms with Gasteiger partial charge >= 0.3 is 0 Å². The van der Waals surface area contributed by atoms with Crippen molar-refractivity contribution in [2.24, 2.45) is 5.92 Å². The second-order valence-corrected chi connectivity index (χ2v) is 5.75. The molecule has 1 N–H and O–H groups in total. The number of hydrogen-bond acceptors (Lipinski definition) is 4. The van der Waals surface area contributed by atoms with Crippen molar-refractivity contribution in [3.63, 3.8) is 0 Å². The zero-order valence-corrected chi connectivity index (χ0v) is 10.4. The fourth-order valence-electron chi connectivity index (χ4n) is 1.79. The van der Waals surface area contributed by atoms with Gasteiger partial charge in [-0.05, 0) is 44.0 Å². The number of aromatic nitrogens is 2. The molecule has 0 aliphatic carbocycles. The van der Waals surface area contributed by atoms with Gasteiger partial charge in [0.05, 0.1) is 10.8 Å². The molecule has 1 aliphatic heterocycles. The van der Waals surface area contributed by atoms with E-state index in [0.29, 0.717) is 21.8 Å². The lowest BCUT2D eigenvalue weighted by atomic mass is 10.0. The first-order chi connectivity index (χ1) is 7.75. The van der Waals surface area contributed by atoms with Crippen LogP contribution in [0.2, 0.25) is 5.15 Å². The fourth-order valence-corrected chi connectivity index (χ4v) is 3.13. The van der Waals surface area contributed by atoms with Crippen molar-refractivity contribution in [2.75, 3.05) is 18.8 Å². The van der Waals surface area contributed by atoms with E-state index in [2.05, 4.69) is 15.5 Å². The summed E-state index contributed by atoms with van der Waals surface area (Å²) in [6.07, 6.45) is 2.30. The Morgan fingerprint density at radius 2 is 2.38 bits per heavy atom. The van der Waals surface area contributed by atoms with Gasteiger partial charge in [-0.2, -0.15) is 0 Å². The first-order valence-corrected chi connectivity index (χ1v) is 7.04. The van der Waals surface area contributed by atoms with Gasteiger partial charge in [0.1, 0.15) is 5.03 Å². The van der Waals surface area contributed by atoms with Crippen LogP contribution in [0.15, 0.2) is 17.2 Å². The van der Waals surface area contributed by atoms with E-state index in [9.17, 15) is 4.21 Å². The summed E-state index contributed by atoms with van der Waals surface area (Å²) in [5.74, 6) is 1.13. The van der Waals surface area contributed by atoms with E-state index in [1.54, 1.807) is 12.1 Å². The zero-order chi connectivity index (χ0) is 11.4. The van der Waals surface area contributed by atoms with Gasteiger partial charge in [0, 0.05) is 5.75 Å². The molecule has 6 heteroatoms. The lowest BCUT2D eigenvalue weighted by Crippen LogP contribution is -2.32. The predicted molar refractivity (Wildman–Crippen MR) is 63.9 cm³/mol. The van der Waals surface area contributed by atoms with Crippen LogP contribution in [0, 0.1) is 5.92 Å². The summed E-state index contributed by atoms with van der Waals surface area (Å²) in [7, 11) is -1.06. The second kappa shape index (κ2) is 5.70. The molecule has 1 aliphatic rings. The number of piperidine rings is 1. The highest BCUT2D eigenvalue weighted by molar-refractivity contribution is 7.84. The van der Waals surface area contributed by atoms with Crippen molar-refractivity contribution >= 4 is 22.4 Å². The SMILES string of the molecule is O=[S@@](C[C@@H]1CCCNC1)c1ccc(Cl)nn1. The van der Waals surface area contributed by atoms with Crippen molar-refractivity contribution in [1.29, 1.82) is 0 Å². The van der Waals surface area contributed by atoms with Crippen LogP contribution in [-0.2, 0) is 10.8 Å². The van der Waals surface area contributed by atoms with Crippen LogP contribution in [-0.4, -0.2) is 33.2 Å². The molecule has 1 aromatic rings. The number of nitrogens with zero attached hydrogens (tertiary/aromatic N) is 2. The molecule has 1 fully saturated rings. The molecule has 1 saturated heterocycles. The largest absolute Gasteiger partial charge is 0.316 e. The first kappa shape index (κ1) is 12.0. The fraction of sp³-hybridized carbons (Fsp3) is 0.600. The van der Waals surface area contributed by atoms with Crippen molar-refractivity contribution in [3.05, 3.63) is 17.3 Å². The molecule has 0 radical (unpaired) electrons. The van der Waals surface area contributed by atoms with Crippen LogP contribution in [0.5, 0.6) is 0 Å². The maximum atomic E-state index is 12.0. The molecule has 2 atom stereocenters. The second-order valence-electron chi connectivity index (χ2n) is 3.92. The third kappa shape index (κ3) is 3.23. The molecule has 2 rings (SSSR count). The van der Waals surface area contributed by atoms with Gasteiger partial charge in [-0.3, -0.25) is 4.21 Å². The molecular formula is C10H14ClN3OS. The Balaban J connectivity index is 1.94. The highest BCUT2D eigenvalue weighted by Gasteiger charge is 2.17. The van der Waals surface area contributed by atoms with Crippen molar-refractivity contribution in [3.8, 4) is 0 Å². The minimum Gasteiger partial charge on any atom is -0.316 e. The van der Waals surface area contributed by atoms with Crippen molar-refractivity contribution in [1.82, 2.24) is 15.5 Å². The maximum Gasteiger partial charge on any atom is 0.151 e. The molecular weight excluding hydrogens is 246 g/mol. The van der Waals surface area contributed by atoms with Crippen molar-refractivity contribution in [2.45, 2.75) is 17.9 Å². The number of halogens is 1. The first-order valence-electron chi connectivity index (χ1n) is 5.34. The van der Waals surface area contributed by atoms with E-state index in [-0.39, 0.29) is 0 Å². The molecule has 4 nitrogen and oxygen atoms in total. The minimum atomic E-state index is -1.06. The molecule has 0 amide bonds. The zero-order valence-electron chi connectivity index (χ0n) is 8.86. The standard InChI is InChI=1S/C10H14ClN3OS/c11-9-3-4-10(14-13-9)16(15)7-8-2-1-5-12-6-8/h3-4,8,12H,1-2,5-7H2/t8-,16+/m1/s1. The van der Waals surface area contributed by atoms with Crippen LogP contribution >= 0.6 is 11.6 Å². The minimum absolute atomic E-state index is 0.333. The van der Waals surface area contributed by atoms with E-state index >= 15 is 0 Å². The Labute approximate surface area is 102 Å². The normalized spacial score (nSPS) is 22.9. The van der Waals surface area contributed by atoms with Crippen molar-refractivity contribution < 1.29 is 4.21 Å². The Hall–Kier alpha value is -0.520. The summed E-state index contributed by atoms with van der Waals surface area (Å²) in [5.41, 5.74) is 0. The average molecular weight is 260 g/mol. The molecule has 0 spiro atoms. The number of nitrogens with one attached hydrogen (secondary N) is 1. The van der Waals surface area contributed by atoms with Crippen LogP contribution in [0.25, 0.3) is 0 Å². The van der Waals surface area contributed by atoms with Gasteiger partial charge in [0.25, 0.3) is 0 Å². The van der Waals surface area contributed by atoms with E-state index in [1.165, 1.54) is 0 Å². The van der Waals surface area contributed by atoms with Gasteiger partial charge in [0.2, 0.25) is 0 Å². The monoisotopic (exact) mass is 259 g/mol. The summed E-state index contributed by atoms with van der Waals surface area (Å²) in [6.45, 7) is 2.02. The Kier molecular flexibility index (Phi) is 4.26. The highest BCUT2D eigenvalue weighted by Crippen LogP contribution is 2.14. The smallest absolute Gasteiger partial charge is 0.151 e. The number of rotatable bonds is 3. The molecule has 16 heavy (non-hydrogen) atoms. The molecule has 1 aromatic heterocycles. The average Bonchev–Trinajstić information content (AvgIpc) is 2.31. The third-order valence-electron chi connectivity index (χ3n) is 2.63. The Morgan fingerprint density at radius 3 is 3.00 bits per heavy atom. The third-order valence-corrected chi connectivity index (χ3v) is 4.29. The summed E-state index contributed by atoms with van der Waals surface area (Å²) in [5, 5.41) is 11.7. The van der Waals surface area contributed by atoms with Gasteiger partial charge in [-0.15, -0.1) is 10.2 Å². The molecule has 0 bridgehead atoms. The van der Waals surface area contributed by atoms with E-state index < -0.39 is 10.8 Å². The van der Waals surface area contributed by atoms with Gasteiger partial charge < -0.3 is 5.32 Å². The number of hydrogen-bond donors (Lipinski definition) is 1.